The molecule has 5 heteroatoms. The number of aromatic nitrogens is 1. The first-order valence-corrected chi connectivity index (χ1v) is 10.6. The van der Waals surface area contributed by atoms with Gasteiger partial charge in [-0.1, -0.05) is 67.4 Å². The lowest BCUT2D eigenvalue weighted by Gasteiger charge is -2.30. The van der Waals surface area contributed by atoms with Gasteiger partial charge in [0.05, 0.1) is 22.5 Å². The minimum Gasteiger partial charge on any atom is -0.287 e. The summed E-state index contributed by atoms with van der Waals surface area (Å²) in [6.45, 7) is 0. The van der Waals surface area contributed by atoms with E-state index in [2.05, 4.69) is 12.1 Å². The monoisotopic (exact) mass is 375 g/mol. The lowest BCUT2D eigenvalue weighted by atomic mass is 9.94. The minimum atomic E-state index is 0.202. The van der Waals surface area contributed by atoms with E-state index >= 15 is 0 Å². The Kier molecular flexibility index (Phi) is 4.32. The fraction of sp³-hybridized carbons (Fsp3) is 0.318. The van der Waals surface area contributed by atoms with Gasteiger partial charge in [0.15, 0.2) is 5.17 Å². The highest BCUT2D eigenvalue weighted by molar-refractivity contribution is 8.15. The molecular weight excluding hydrogens is 354 g/mol. The molecule has 1 saturated heterocycles. The molecule has 0 atom stereocenters. The maximum absolute atomic E-state index is 12.6. The fourth-order valence-corrected chi connectivity index (χ4v) is 5.13. The molecule has 3 aromatic rings. The Bertz CT molecular complexity index is 1000. The van der Waals surface area contributed by atoms with Gasteiger partial charge in [0.1, 0.15) is 0 Å². The van der Waals surface area contributed by atoms with Crippen molar-refractivity contribution in [2.24, 2.45) is 4.99 Å². The van der Waals surface area contributed by atoms with Crippen LogP contribution in [0.25, 0.3) is 21.8 Å². The van der Waals surface area contributed by atoms with Crippen LogP contribution in [0.4, 0.5) is 5.69 Å². The number of rotatable bonds is 2. The van der Waals surface area contributed by atoms with Gasteiger partial charge in [-0.3, -0.25) is 9.69 Å². The van der Waals surface area contributed by atoms with E-state index in [1.54, 1.807) is 11.8 Å². The van der Waals surface area contributed by atoms with E-state index in [4.69, 9.17) is 9.98 Å². The summed E-state index contributed by atoms with van der Waals surface area (Å²) in [6.07, 6.45) is 5.85. The predicted molar refractivity (Wildman–Crippen MR) is 113 cm³/mol. The second-order valence-corrected chi connectivity index (χ2v) is 8.18. The van der Waals surface area contributed by atoms with Gasteiger partial charge < -0.3 is 0 Å². The lowest BCUT2D eigenvalue weighted by molar-refractivity contribution is -0.126. The molecule has 4 nitrogen and oxygen atoms in total. The molecule has 1 aliphatic heterocycles. The summed E-state index contributed by atoms with van der Waals surface area (Å²) in [5.74, 6) is 0.698. The van der Waals surface area contributed by atoms with E-state index in [1.807, 2.05) is 41.3 Å². The largest absolute Gasteiger partial charge is 0.287 e. The minimum absolute atomic E-state index is 0.202. The molecule has 2 fully saturated rings. The SMILES string of the molecule is O=C1CSC(=Nc2c3ccccc3nc3ccccc23)N1C1CCCCC1. The number of carbonyl (C=O) groups is 1. The third kappa shape index (κ3) is 3.00. The molecular formula is C22H21N3OS. The number of para-hydroxylation sites is 2. The third-order valence-electron chi connectivity index (χ3n) is 5.51. The molecule has 1 aliphatic carbocycles. The van der Waals surface area contributed by atoms with Gasteiger partial charge in [0, 0.05) is 16.8 Å². The Morgan fingerprint density at radius 2 is 1.56 bits per heavy atom. The number of benzene rings is 2. The van der Waals surface area contributed by atoms with Crippen molar-refractivity contribution in [1.82, 2.24) is 9.88 Å². The molecule has 136 valence electrons. The summed E-state index contributed by atoms with van der Waals surface area (Å²) in [7, 11) is 0. The topological polar surface area (TPSA) is 45.6 Å². The van der Waals surface area contributed by atoms with Crippen molar-refractivity contribution in [3.63, 3.8) is 0 Å². The van der Waals surface area contributed by atoms with Gasteiger partial charge in [0.25, 0.3) is 0 Å². The Hall–Kier alpha value is -2.40. The van der Waals surface area contributed by atoms with Crippen LogP contribution in [-0.4, -0.2) is 32.8 Å². The predicted octanol–water partition coefficient (Wildman–Crippen LogP) is 5.28. The van der Waals surface area contributed by atoms with Crippen molar-refractivity contribution in [3.8, 4) is 0 Å². The van der Waals surface area contributed by atoms with Crippen LogP contribution in [0.15, 0.2) is 53.5 Å². The van der Waals surface area contributed by atoms with E-state index in [-0.39, 0.29) is 5.91 Å². The maximum Gasteiger partial charge on any atom is 0.239 e. The first-order valence-electron chi connectivity index (χ1n) is 9.62. The van der Waals surface area contributed by atoms with Crippen molar-refractivity contribution < 1.29 is 4.79 Å². The first-order chi connectivity index (χ1) is 13.3. The summed E-state index contributed by atoms with van der Waals surface area (Å²) in [5, 5.41) is 2.92. The highest BCUT2D eigenvalue weighted by Gasteiger charge is 2.35. The molecule has 0 unspecified atom stereocenters. The first kappa shape index (κ1) is 16.8. The van der Waals surface area contributed by atoms with E-state index in [1.165, 1.54) is 19.3 Å². The third-order valence-corrected chi connectivity index (χ3v) is 6.44. The molecule has 27 heavy (non-hydrogen) atoms. The Labute approximate surface area is 162 Å². The number of aliphatic imine (C=N–C) groups is 1. The van der Waals surface area contributed by atoms with Crippen LogP contribution in [0, 0.1) is 0 Å². The average Bonchev–Trinajstić information content (AvgIpc) is 3.08. The molecule has 2 heterocycles. The van der Waals surface area contributed by atoms with Crippen molar-refractivity contribution in [1.29, 1.82) is 0 Å². The zero-order chi connectivity index (χ0) is 18.2. The lowest BCUT2D eigenvalue weighted by Crippen LogP contribution is -2.40. The second-order valence-electron chi connectivity index (χ2n) is 7.23. The zero-order valence-corrected chi connectivity index (χ0v) is 15.9. The quantitative estimate of drug-likeness (QED) is 0.572. The van der Waals surface area contributed by atoms with Crippen molar-refractivity contribution in [2.75, 3.05) is 5.75 Å². The molecule has 1 amide bonds. The summed E-state index contributed by atoms with van der Waals surface area (Å²) < 4.78 is 0. The molecule has 1 saturated carbocycles. The van der Waals surface area contributed by atoms with E-state index in [0.29, 0.717) is 11.8 Å². The standard InChI is InChI=1S/C22H21N3OS/c26-20-14-27-22(25(20)15-8-2-1-3-9-15)24-21-16-10-4-6-12-18(16)23-19-13-7-5-11-17(19)21/h4-7,10-13,15H,1-3,8-9,14H2. The smallest absolute Gasteiger partial charge is 0.239 e. The van der Waals surface area contributed by atoms with Gasteiger partial charge >= 0.3 is 0 Å². The van der Waals surface area contributed by atoms with Gasteiger partial charge in [-0.2, -0.15) is 0 Å². The van der Waals surface area contributed by atoms with E-state index in [9.17, 15) is 4.79 Å². The van der Waals surface area contributed by atoms with Crippen LogP contribution >= 0.6 is 11.8 Å². The number of amidine groups is 1. The van der Waals surface area contributed by atoms with Crippen molar-refractivity contribution >= 4 is 50.3 Å². The Balaban J connectivity index is 1.68. The summed E-state index contributed by atoms with van der Waals surface area (Å²) in [6, 6.07) is 16.5. The second kappa shape index (κ2) is 6.97. The number of hydrogen-bond acceptors (Lipinski definition) is 4. The zero-order valence-electron chi connectivity index (χ0n) is 15.1. The molecule has 2 aliphatic rings. The summed E-state index contributed by atoms with van der Waals surface area (Å²) in [5.41, 5.74) is 2.80. The van der Waals surface area contributed by atoms with Crippen LogP contribution < -0.4 is 0 Å². The van der Waals surface area contributed by atoms with Gasteiger partial charge in [-0.05, 0) is 25.0 Å². The van der Waals surface area contributed by atoms with Crippen molar-refractivity contribution in [3.05, 3.63) is 48.5 Å². The Morgan fingerprint density at radius 1 is 0.926 bits per heavy atom. The number of nitrogens with zero attached hydrogens (tertiary/aromatic N) is 3. The van der Waals surface area contributed by atoms with Gasteiger partial charge in [0.2, 0.25) is 5.91 Å². The molecule has 0 radical (unpaired) electrons. The molecule has 0 N–H and O–H groups in total. The molecule has 0 spiro atoms. The number of carbonyl (C=O) groups excluding carboxylic acids is 1. The fourth-order valence-electron chi connectivity index (χ4n) is 4.19. The highest BCUT2D eigenvalue weighted by atomic mass is 32.2. The molecule has 1 aromatic heterocycles. The normalized spacial score (nSPS) is 20.2. The molecule has 0 bridgehead atoms. The van der Waals surface area contributed by atoms with Crippen molar-refractivity contribution in [2.45, 2.75) is 38.1 Å². The number of hydrogen-bond donors (Lipinski definition) is 0. The number of fused-ring (bicyclic) bond motifs is 2. The van der Waals surface area contributed by atoms with Gasteiger partial charge in [-0.25, -0.2) is 9.98 Å². The summed E-state index contributed by atoms with van der Waals surface area (Å²) >= 11 is 1.57. The maximum atomic E-state index is 12.6. The van der Waals surface area contributed by atoms with Crippen LogP contribution in [0.5, 0.6) is 0 Å². The molecule has 2 aromatic carbocycles. The highest BCUT2D eigenvalue weighted by Crippen LogP contribution is 2.37. The number of thioether (sulfide) groups is 1. The van der Waals surface area contributed by atoms with Crippen LogP contribution in [-0.2, 0) is 4.79 Å². The van der Waals surface area contributed by atoms with Crippen LogP contribution in [0.1, 0.15) is 32.1 Å². The average molecular weight is 375 g/mol. The van der Waals surface area contributed by atoms with E-state index < -0.39 is 0 Å². The summed E-state index contributed by atoms with van der Waals surface area (Å²) in [4.78, 5) is 24.4. The number of pyridine rings is 1. The van der Waals surface area contributed by atoms with Crippen LogP contribution in [0.3, 0.4) is 0 Å². The van der Waals surface area contributed by atoms with Crippen LogP contribution in [0.2, 0.25) is 0 Å². The van der Waals surface area contributed by atoms with Gasteiger partial charge in [-0.15, -0.1) is 0 Å². The molecule has 5 rings (SSSR count). The Morgan fingerprint density at radius 3 is 2.22 bits per heavy atom. The number of amides is 1. The van der Waals surface area contributed by atoms with E-state index in [0.717, 1.165) is 45.5 Å².